The number of aromatic nitrogens is 3. The van der Waals surface area contributed by atoms with Crippen LogP contribution in [0, 0.1) is 5.92 Å². The van der Waals surface area contributed by atoms with Crippen LogP contribution in [0.5, 0.6) is 0 Å². The van der Waals surface area contributed by atoms with Crippen LogP contribution < -0.4 is 0 Å². The molecule has 2 bridgehead atoms. The highest BCUT2D eigenvalue weighted by Crippen LogP contribution is 2.40. The van der Waals surface area contributed by atoms with Gasteiger partial charge in [-0.15, -0.1) is 0 Å². The summed E-state index contributed by atoms with van der Waals surface area (Å²) in [7, 11) is 0. The normalized spacial score (nSPS) is 33.2. The fourth-order valence-corrected chi connectivity index (χ4v) is 3.13. The summed E-state index contributed by atoms with van der Waals surface area (Å²) in [4.78, 5) is 4.21. The molecule has 0 spiro atoms. The summed E-state index contributed by atoms with van der Waals surface area (Å²) in [5, 5.41) is 14.4. The minimum atomic E-state index is -0.347. The average molecular weight is 237 g/mol. The molecule has 2 aliphatic rings. The van der Waals surface area contributed by atoms with Crippen LogP contribution in [-0.2, 0) is 17.7 Å². The summed E-state index contributed by atoms with van der Waals surface area (Å²) in [6, 6.07) is 0. The van der Waals surface area contributed by atoms with E-state index in [1.807, 2.05) is 11.6 Å². The summed E-state index contributed by atoms with van der Waals surface area (Å²) in [5.41, 5.74) is 0. The number of hydrogen-bond donors (Lipinski definition) is 1. The molecule has 0 saturated carbocycles. The van der Waals surface area contributed by atoms with Crippen LogP contribution >= 0.6 is 0 Å². The van der Waals surface area contributed by atoms with Gasteiger partial charge in [0.25, 0.3) is 0 Å². The Morgan fingerprint density at radius 2 is 2.47 bits per heavy atom. The highest BCUT2D eigenvalue weighted by molar-refractivity contribution is 4.97. The first-order valence-corrected chi connectivity index (χ1v) is 6.48. The zero-order chi connectivity index (χ0) is 11.8. The Labute approximate surface area is 101 Å². The molecule has 0 aromatic carbocycles. The van der Waals surface area contributed by atoms with E-state index < -0.39 is 0 Å². The smallest absolute Gasteiger partial charge is 0.138 e. The second-order valence-corrected chi connectivity index (χ2v) is 5.04. The van der Waals surface area contributed by atoms with E-state index >= 15 is 0 Å². The number of aliphatic hydroxyl groups excluding tert-OH is 1. The van der Waals surface area contributed by atoms with E-state index in [-0.39, 0.29) is 18.1 Å². The van der Waals surface area contributed by atoms with Crippen molar-refractivity contribution in [2.24, 2.45) is 5.92 Å². The first-order valence-electron chi connectivity index (χ1n) is 6.48. The van der Waals surface area contributed by atoms with Crippen molar-refractivity contribution in [1.82, 2.24) is 14.8 Å². The van der Waals surface area contributed by atoms with E-state index in [2.05, 4.69) is 10.1 Å². The minimum absolute atomic E-state index is 0.271. The van der Waals surface area contributed by atoms with Gasteiger partial charge < -0.3 is 9.84 Å². The second-order valence-electron chi connectivity index (χ2n) is 5.04. The lowest BCUT2D eigenvalue weighted by Crippen LogP contribution is -2.31. The first kappa shape index (κ1) is 11.2. The van der Waals surface area contributed by atoms with Crippen molar-refractivity contribution in [3.05, 3.63) is 12.2 Å². The van der Waals surface area contributed by atoms with Crippen LogP contribution in [-0.4, -0.2) is 38.2 Å². The molecule has 3 rings (SSSR count). The second kappa shape index (κ2) is 4.38. The predicted molar refractivity (Wildman–Crippen MR) is 61.4 cm³/mol. The molecule has 5 nitrogen and oxygen atoms in total. The van der Waals surface area contributed by atoms with Crippen LogP contribution in [0.2, 0.25) is 0 Å². The Morgan fingerprint density at radius 1 is 1.59 bits per heavy atom. The molecule has 0 aliphatic carbocycles. The molecule has 4 atom stereocenters. The molecule has 2 saturated heterocycles. The zero-order valence-electron chi connectivity index (χ0n) is 10.1. The molecule has 0 amide bonds. The van der Waals surface area contributed by atoms with Gasteiger partial charge in [0, 0.05) is 18.9 Å². The SMILES string of the molecule is CCn1ncnc1CC(O)C1CC2CCC1O2. The number of ether oxygens (including phenoxy) is 1. The lowest BCUT2D eigenvalue weighted by molar-refractivity contribution is 0.0418. The molecule has 94 valence electrons. The van der Waals surface area contributed by atoms with E-state index in [9.17, 15) is 5.11 Å². The maximum absolute atomic E-state index is 10.3. The predicted octanol–water partition coefficient (Wildman–Crippen LogP) is 0.769. The fraction of sp³-hybridized carbons (Fsp3) is 0.833. The van der Waals surface area contributed by atoms with Crippen LogP contribution in [0.4, 0.5) is 0 Å². The van der Waals surface area contributed by atoms with Gasteiger partial charge in [0.2, 0.25) is 0 Å². The Bertz CT molecular complexity index is 393. The van der Waals surface area contributed by atoms with E-state index in [1.54, 1.807) is 6.33 Å². The van der Waals surface area contributed by atoms with Crippen LogP contribution in [0.15, 0.2) is 6.33 Å². The molecule has 17 heavy (non-hydrogen) atoms. The molecular weight excluding hydrogens is 218 g/mol. The monoisotopic (exact) mass is 237 g/mol. The fourth-order valence-electron chi connectivity index (χ4n) is 3.13. The van der Waals surface area contributed by atoms with Gasteiger partial charge in [-0.1, -0.05) is 0 Å². The highest BCUT2D eigenvalue weighted by Gasteiger charge is 2.44. The average Bonchev–Trinajstić information content (AvgIpc) is 3.03. The lowest BCUT2D eigenvalue weighted by atomic mass is 9.84. The van der Waals surface area contributed by atoms with Gasteiger partial charge in [-0.2, -0.15) is 5.10 Å². The first-order chi connectivity index (χ1) is 8.28. The van der Waals surface area contributed by atoms with E-state index in [0.29, 0.717) is 12.5 Å². The van der Waals surface area contributed by atoms with Crippen molar-refractivity contribution in [1.29, 1.82) is 0 Å². The summed E-state index contributed by atoms with van der Waals surface area (Å²) in [6.45, 7) is 2.83. The zero-order valence-corrected chi connectivity index (χ0v) is 10.1. The number of hydrogen-bond acceptors (Lipinski definition) is 4. The Kier molecular flexibility index (Phi) is 2.88. The molecule has 0 radical (unpaired) electrons. The summed E-state index contributed by atoms with van der Waals surface area (Å²) in [6.07, 6.45) is 5.74. The van der Waals surface area contributed by atoms with Gasteiger partial charge in [0.15, 0.2) is 0 Å². The number of aliphatic hydroxyl groups is 1. The van der Waals surface area contributed by atoms with Gasteiger partial charge in [-0.3, -0.25) is 4.68 Å². The standard InChI is InChI=1S/C12H19N3O2/c1-2-15-12(13-7-14-15)6-10(16)9-5-8-3-4-11(9)17-8/h7-11,16H,2-6H2,1H3. The number of fused-ring (bicyclic) bond motifs is 2. The Hall–Kier alpha value is -0.940. The van der Waals surface area contributed by atoms with E-state index in [4.69, 9.17) is 4.74 Å². The molecule has 5 heteroatoms. The molecule has 4 unspecified atom stereocenters. The molecule has 1 aromatic heterocycles. The topological polar surface area (TPSA) is 60.2 Å². The number of rotatable bonds is 4. The van der Waals surface area contributed by atoms with Gasteiger partial charge in [-0.25, -0.2) is 4.98 Å². The van der Waals surface area contributed by atoms with Crippen molar-refractivity contribution in [3.63, 3.8) is 0 Å². The Morgan fingerprint density at radius 3 is 3.12 bits per heavy atom. The van der Waals surface area contributed by atoms with Crippen molar-refractivity contribution in [3.8, 4) is 0 Å². The molecule has 2 fully saturated rings. The molecule has 3 heterocycles. The van der Waals surface area contributed by atoms with Crippen LogP contribution in [0.25, 0.3) is 0 Å². The number of nitrogens with zero attached hydrogens (tertiary/aromatic N) is 3. The molecule has 1 N–H and O–H groups in total. The highest BCUT2D eigenvalue weighted by atomic mass is 16.5. The quantitative estimate of drug-likeness (QED) is 0.840. The van der Waals surface area contributed by atoms with E-state index in [0.717, 1.165) is 25.2 Å². The summed E-state index contributed by atoms with van der Waals surface area (Å²) < 4.78 is 7.62. The summed E-state index contributed by atoms with van der Waals surface area (Å²) in [5.74, 6) is 1.17. The number of aryl methyl sites for hydroxylation is 1. The van der Waals surface area contributed by atoms with Crippen molar-refractivity contribution < 1.29 is 9.84 Å². The van der Waals surface area contributed by atoms with Crippen LogP contribution in [0.3, 0.4) is 0 Å². The third-order valence-corrected chi connectivity index (χ3v) is 4.03. The Balaban J connectivity index is 1.65. The van der Waals surface area contributed by atoms with Crippen LogP contribution in [0.1, 0.15) is 32.0 Å². The van der Waals surface area contributed by atoms with Crippen molar-refractivity contribution in [2.75, 3.05) is 0 Å². The van der Waals surface area contributed by atoms with Gasteiger partial charge in [0.1, 0.15) is 12.2 Å². The largest absolute Gasteiger partial charge is 0.392 e. The maximum Gasteiger partial charge on any atom is 0.138 e. The third kappa shape index (κ3) is 1.98. The van der Waals surface area contributed by atoms with E-state index in [1.165, 1.54) is 6.42 Å². The van der Waals surface area contributed by atoms with Gasteiger partial charge in [-0.05, 0) is 26.2 Å². The summed E-state index contributed by atoms with van der Waals surface area (Å²) >= 11 is 0. The molecule has 2 aliphatic heterocycles. The van der Waals surface area contributed by atoms with Gasteiger partial charge in [0.05, 0.1) is 18.3 Å². The lowest BCUT2D eigenvalue weighted by Gasteiger charge is -2.23. The minimum Gasteiger partial charge on any atom is -0.392 e. The third-order valence-electron chi connectivity index (χ3n) is 4.03. The van der Waals surface area contributed by atoms with Crippen molar-refractivity contribution >= 4 is 0 Å². The molecule has 1 aromatic rings. The molecular formula is C12H19N3O2. The maximum atomic E-state index is 10.3. The van der Waals surface area contributed by atoms with Gasteiger partial charge >= 0.3 is 0 Å². The van der Waals surface area contributed by atoms with Crippen molar-refractivity contribution in [2.45, 2.75) is 57.5 Å².